The number of piperidine rings is 1. The first kappa shape index (κ1) is 14.7. The Labute approximate surface area is 123 Å². The van der Waals surface area contributed by atoms with Crippen molar-refractivity contribution in [2.75, 3.05) is 25.4 Å². The number of carbonyl (C=O) groups is 2. The van der Waals surface area contributed by atoms with E-state index in [0.29, 0.717) is 5.69 Å². The molecule has 0 spiro atoms. The number of likely N-dealkylation sites (tertiary alicyclic amines) is 1. The predicted molar refractivity (Wildman–Crippen MR) is 78.6 cm³/mol. The number of amides is 2. The summed E-state index contributed by atoms with van der Waals surface area (Å²) >= 11 is 5.95. The van der Waals surface area contributed by atoms with Crippen molar-refractivity contribution in [3.8, 4) is 0 Å². The van der Waals surface area contributed by atoms with Crippen molar-refractivity contribution in [3.05, 3.63) is 28.8 Å². The van der Waals surface area contributed by atoms with Gasteiger partial charge in [0.05, 0.1) is 17.1 Å². The molecule has 1 aliphatic heterocycles. The topological polar surface area (TPSA) is 75.4 Å². The average Bonchev–Trinajstić information content (AvgIpc) is 2.45. The quantitative estimate of drug-likeness (QED) is 0.833. The fraction of sp³-hybridized carbons (Fsp3) is 0.429. The normalized spacial score (nSPS) is 14.9. The molecule has 0 unspecified atom stereocenters. The SMILES string of the molecule is Nc1cccc(Cl)c1C(=O)NCC(=O)N1CCCCC1. The molecular formula is C14H18ClN3O2. The summed E-state index contributed by atoms with van der Waals surface area (Å²) in [6.45, 7) is 1.51. The highest BCUT2D eigenvalue weighted by Gasteiger charge is 2.19. The Kier molecular flexibility index (Phi) is 4.84. The van der Waals surface area contributed by atoms with Crippen LogP contribution in [0.3, 0.4) is 0 Å². The highest BCUT2D eigenvalue weighted by molar-refractivity contribution is 6.34. The van der Waals surface area contributed by atoms with E-state index >= 15 is 0 Å². The molecule has 0 radical (unpaired) electrons. The second-order valence-corrected chi connectivity index (χ2v) is 5.24. The maximum atomic E-state index is 12.0. The summed E-state index contributed by atoms with van der Waals surface area (Å²) in [5, 5.41) is 2.87. The number of carbonyl (C=O) groups excluding carboxylic acids is 2. The van der Waals surface area contributed by atoms with Crippen molar-refractivity contribution >= 4 is 29.1 Å². The molecule has 0 aliphatic carbocycles. The second-order valence-electron chi connectivity index (χ2n) is 4.83. The first-order chi connectivity index (χ1) is 9.59. The van der Waals surface area contributed by atoms with Gasteiger partial charge < -0.3 is 16.0 Å². The summed E-state index contributed by atoms with van der Waals surface area (Å²) in [5.74, 6) is -0.484. The molecule has 2 amide bonds. The van der Waals surface area contributed by atoms with Crippen LogP contribution < -0.4 is 11.1 Å². The summed E-state index contributed by atoms with van der Waals surface area (Å²) in [6.07, 6.45) is 3.21. The number of anilines is 1. The maximum absolute atomic E-state index is 12.0. The van der Waals surface area contributed by atoms with E-state index < -0.39 is 5.91 Å². The lowest BCUT2D eigenvalue weighted by Gasteiger charge is -2.26. The molecule has 1 heterocycles. The molecule has 0 saturated carbocycles. The number of nitrogen functional groups attached to an aromatic ring is 1. The number of benzene rings is 1. The molecule has 0 aromatic heterocycles. The molecule has 3 N–H and O–H groups in total. The Morgan fingerprint density at radius 1 is 1.25 bits per heavy atom. The van der Waals surface area contributed by atoms with Crippen molar-refractivity contribution in [1.29, 1.82) is 0 Å². The highest BCUT2D eigenvalue weighted by Crippen LogP contribution is 2.21. The largest absolute Gasteiger partial charge is 0.398 e. The Morgan fingerprint density at radius 2 is 1.95 bits per heavy atom. The third kappa shape index (κ3) is 3.42. The van der Waals surface area contributed by atoms with Gasteiger partial charge in [-0.1, -0.05) is 17.7 Å². The molecule has 5 nitrogen and oxygen atoms in total. The van der Waals surface area contributed by atoms with E-state index in [1.807, 2.05) is 0 Å². The van der Waals surface area contributed by atoms with Gasteiger partial charge in [0.2, 0.25) is 5.91 Å². The second kappa shape index (κ2) is 6.61. The van der Waals surface area contributed by atoms with Crippen LogP contribution in [0.5, 0.6) is 0 Å². The van der Waals surface area contributed by atoms with Crippen molar-refractivity contribution in [3.63, 3.8) is 0 Å². The lowest BCUT2D eigenvalue weighted by molar-refractivity contribution is -0.130. The fourth-order valence-corrected chi connectivity index (χ4v) is 2.55. The van der Waals surface area contributed by atoms with Crippen molar-refractivity contribution in [1.82, 2.24) is 10.2 Å². The van der Waals surface area contributed by atoms with Crippen LogP contribution in [0.4, 0.5) is 5.69 Å². The van der Waals surface area contributed by atoms with E-state index in [9.17, 15) is 9.59 Å². The van der Waals surface area contributed by atoms with E-state index in [1.54, 1.807) is 23.1 Å². The molecule has 2 rings (SSSR count). The van der Waals surface area contributed by atoms with Crippen LogP contribution in [0.15, 0.2) is 18.2 Å². The average molecular weight is 296 g/mol. The standard InChI is InChI=1S/C14H18ClN3O2/c15-10-5-4-6-11(16)13(10)14(20)17-9-12(19)18-7-2-1-3-8-18/h4-6H,1-3,7-9,16H2,(H,17,20). The lowest BCUT2D eigenvalue weighted by Crippen LogP contribution is -2.42. The molecular weight excluding hydrogens is 278 g/mol. The lowest BCUT2D eigenvalue weighted by atomic mass is 10.1. The Morgan fingerprint density at radius 3 is 2.60 bits per heavy atom. The van der Waals surface area contributed by atoms with Gasteiger partial charge in [0.15, 0.2) is 0 Å². The van der Waals surface area contributed by atoms with Gasteiger partial charge in [-0.15, -0.1) is 0 Å². The first-order valence-corrected chi connectivity index (χ1v) is 7.07. The molecule has 1 aromatic carbocycles. The van der Waals surface area contributed by atoms with Gasteiger partial charge in [-0.3, -0.25) is 9.59 Å². The number of nitrogens with one attached hydrogen (secondary N) is 1. The smallest absolute Gasteiger partial charge is 0.255 e. The third-order valence-electron chi connectivity index (χ3n) is 3.38. The van der Waals surface area contributed by atoms with Crippen LogP contribution in [-0.2, 0) is 4.79 Å². The van der Waals surface area contributed by atoms with Crippen LogP contribution in [0, 0.1) is 0 Å². The number of halogens is 1. The van der Waals surface area contributed by atoms with Crippen LogP contribution in [0.25, 0.3) is 0 Å². The molecule has 1 aromatic rings. The van der Waals surface area contributed by atoms with Crippen LogP contribution in [-0.4, -0.2) is 36.3 Å². The zero-order valence-electron chi connectivity index (χ0n) is 11.2. The van der Waals surface area contributed by atoms with Gasteiger partial charge in [-0.05, 0) is 31.4 Å². The van der Waals surface area contributed by atoms with Crippen LogP contribution in [0.1, 0.15) is 29.6 Å². The molecule has 20 heavy (non-hydrogen) atoms. The van der Waals surface area contributed by atoms with Gasteiger partial charge in [0.1, 0.15) is 0 Å². The van der Waals surface area contributed by atoms with Gasteiger partial charge >= 0.3 is 0 Å². The summed E-state index contributed by atoms with van der Waals surface area (Å²) in [6, 6.07) is 4.87. The van der Waals surface area contributed by atoms with E-state index in [2.05, 4.69) is 5.32 Å². The van der Waals surface area contributed by atoms with E-state index in [0.717, 1.165) is 32.4 Å². The predicted octanol–water partition coefficient (Wildman–Crippen LogP) is 1.66. The summed E-state index contributed by atoms with van der Waals surface area (Å²) < 4.78 is 0. The van der Waals surface area contributed by atoms with Gasteiger partial charge in [-0.25, -0.2) is 0 Å². The van der Waals surface area contributed by atoms with E-state index in [1.165, 1.54) is 0 Å². The Balaban J connectivity index is 1.93. The molecule has 0 atom stereocenters. The van der Waals surface area contributed by atoms with Gasteiger partial charge in [-0.2, -0.15) is 0 Å². The minimum atomic E-state index is -0.418. The van der Waals surface area contributed by atoms with Gasteiger partial charge in [0, 0.05) is 18.8 Å². The summed E-state index contributed by atoms with van der Waals surface area (Å²) in [4.78, 5) is 25.8. The number of hydrogen-bond acceptors (Lipinski definition) is 3. The number of hydrogen-bond donors (Lipinski definition) is 2. The maximum Gasteiger partial charge on any atom is 0.255 e. The monoisotopic (exact) mass is 295 g/mol. The zero-order valence-corrected chi connectivity index (χ0v) is 11.9. The minimum absolute atomic E-state index is 0.0243. The van der Waals surface area contributed by atoms with Gasteiger partial charge in [0.25, 0.3) is 5.91 Å². The first-order valence-electron chi connectivity index (χ1n) is 6.69. The van der Waals surface area contributed by atoms with Crippen molar-refractivity contribution < 1.29 is 9.59 Å². The third-order valence-corrected chi connectivity index (χ3v) is 3.70. The summed E-state index contributed by atoms with van der Waals surface area (Å²) in [5.41, 5.74) is 6.26. The summed E-state index contributed by atoms with van der Waals surface area (Å²) in [7, 11) is 0. The molecule has 108 valence electrons. The van der Waals surface area contributed by atoms with Crippen molar-refractivity contribution in [2.24, 2.45) is 0 Å². The minimum Gasteiger partial charge on any atom is -0.398 e. The van der Waals surface area contributed by atoms with E-state index in [-0.39, 0.29) is 23.0 Å². The molecule has 0 bridgehead atoms. The zero-order chi connectivity index (χ0) is 14.5. The number of nitrogens with zero attached hydrogens (tertiary/aromatic N) is 1. The van der Waals surface area contributed by atoms with Crippen molar-refractivity contribution in [2.45, 2.75) is 19.3 Å². The van der Waals surface area contributed by atoms with E-state index in [4.69, 9.17) is 17.3 Å². The van der Waals surface area contributed by atoms with Crippen LogP contribution >= 0.6 is 11.6 Å². The number of rotatable bonds is 3. The molecule has 1 saturated heterocycles. The Hall–Kier alpha value is -1.75. The highest BCUT2D eigenvalue weighted by atomic mass is 35.5. The molecule has 1 aliphatic rings. The number of nitrogens with two attached hydrogens (primary N) is 1. The fourth-order valence-electron chi connectivity index (χ4n) is 2.28. The molecule has 1 fully saturated rings. The van der Waals surface area contributed by atoms with Crippen LogP contribution in [0.2, 0.25) is 5.02 Å². The molecule has 6 heteroatoms. The Bertz CT molecular complexity index is 493.